The van der Waals surface area contributed by atoms with Crippen LogP contribution in [-0.4, -0.2) is 24.2 Å². The summed E-state index contributed by atoms with van der Waals surface area (Å²) in [6.45, 7) is 3.79. The quantitative estimate of drug-likeness (QED) is 0.845. The van der Waals surface area contributed by atoms with E-state index in [0.717, 1.165) is 26.0 Å². The highest BCUT2D eigenvalue weighted by atomic mass is 16.5. The van der Waals surface area contributed by atoms with Gasteiger partial charge in [0.15, 0.2) is 5.69 Å². The Hall–Kier alpha value is -1.80. The molecule has 5 heteroatoms. The van der Waals surface area contributed by atoms with Crippen molar-refractivity contribution in [2.45, 2.75) is 25.9 Å². The van der Waals surface area contributed by atoms with E-state index in [1.165, 1.54) is 0 Å². The van der Waals surface area contributed by atoms with E-state index < -0.39 is 0 Å². The summed E-state index contributed by atoms with van der Waals surface area (Å²) < 4.78 is 5.63. The third-order valence-electron chi connectivity index (χ3n) is 3.33. The van der Waals surface area contributed by atoms with Gasteiger partial charge in [-0.15, -0.1) is 0 Å². The van der Waals surface area contributed by atoms with Gasteiger partial charge in [-0.3, -0.25) is 0 Å². The number of nitriles is 1. The van der Waals surface area contributed by atoms with Crippen molar-refractivity contribution in [1.29, 1.82) is 5.26 Å². The van der Waals surface area contributed by atoms with Crippen LogP contribution in [0.2, 0.25) is 0 Å². The summed E-state index contributed by atoms with van der Waals surface area (Å²) in [4.78, 5) is 4.16. The van der Waals surface area contributed by atoms with Gasteiger partial charge in [0.2, 0.25) is 0 Å². The van der Waals surface area contributed by atoms with Gasteiger partial charge in [-0.1, -0.05) is 6.92 Å². The Kier molecular flexibility index (Phi) is 4.00. The van der Waals surface area contributed by atoms with Crippen LogP contribution in [0.1, 0.15) is 25.5 Å². The van der Waals surface area contributed by atoms with Crippen molar-refractivity contribution in [2.75, 3.05) is 24.2 Å². The van der Waals surface area contributed by atoms with Gasteiger partial charge in [0.25, 0.3) is 0 Å². The van der Waals surface area contributed by atoms with Gasteiger partial charge in [0.05, 0.1) is 11.8 Å². The van der Waals surface area contributed by atoms with E-state index in [9.17, 15) is 0 Å². The summed E-state index contributed by atoms with van der Waals surface area (Å²) >= 11 is 0. The van der Waals surface area contributed by atoms with Gasteiger partial charge < -0.3 is 15.8 Å². The first-order chi connectivity index (χ1) is 8.74. The average molecular weight is 246 g/mol. The molecule has 18 heavy (non-hydrogen) atoms. The van der Waals surface area contributed by atoms with Crippen molar-refractivity contribution in [1.82, 2.24) is 4.98 Å². The monoisotopic (exact) mass is 246 g/mol. The van der Waals surface area contributed by atoms with E-state index in [2.05, 4.69) is 17.2 Å². The third-order valence-corrected chi connectivity index (χ3v) is 3.33. The molecule has 3 N–H and O–H groups in total. The molecule has 0 spiro atoms. The molecule has 96 valence electrons. The van der Waals surface area contributed by atoms with Gasteiger partial charge in [0, 0.05) is 19.1 Å². The topological polar surface area (TPSA) is 84.0 Å². The number of nitrogens with one attached hydrogen (secondary N) is 1. The number of ether oxygens (including phenoxy) is 1. The fourth-order valence-corrected chi connectivity index (χ4v) is 2.27. The zero-order valence-corrected chi connectivity index (χ0v) is 10.5. The first kappa shape index (κ1) is 12.7. The number of aromatic nitrogens is 1. The largest absolute Gasteiger partial charge is 0.396 e. The maximum absolute atomic E-state index is 8.86. The number of anilines is 2. The van der Waals surface area contributed by atoms with Gasteiger partial charge in [-0.2, -0.15) is 5.26 Å². The van der Waals surface area contributed by atoms with Crippen molar-refractivity contribution in [3.8, 4) is 6.07 Å². The second kappa shape index (κ2) is 5.69. The summed E-state index contributed by atoms with van der Waals surface area (Å²) in [5, 5.41) is 12.1. The van der Waals surface area contributed by atoms with E-state index in [1.807, 2.05) is 6.07 Å². The van der Waals surface area contributed by atoms with Crippen LogP contribution in [0.3, 0.4) is 0 Å². The van der Waals surface area contributed by atoms with E-state index in [0.29, 0.717) is 23.5 Å². The molecule has 1 aliphatic rings. The Morgan fingerprint density at radius 1 is 1.61 bits per heavy atom. The minimum Gasteiger partial charge on any atom is -0.396 e. The highest BCUT2D eigenvalue weighted by molar-refractivity contribution is 5.54. The van der Waals surface area contributed by atoms with Crippen molar-refractivity contribution < 1.29 is 4.74 Å². The lowest BCUT2D eigenvalue weighted by atomic mass is 10.00. The molecule has 0 aromatic carbocycles. The SMILES string of the molecule is CCC1OCCC1CNc1ccc(N)c(C#N)n1. The van der Waals surface area contributed by atoms with Crippen LogP contribution in [0, 0.1) is 17.2 Å². The molecule has 1 aromatic heterocycles. The number of hydrogen-bond acceptors (Lipinski definition) is 5. The van der Waals surface area contributed by atoms with E-state index in [1.54, 1.807) is 12.1 Å². The number of nitrogens with zero attached hydrogens (tertiary/aromatic N) is 2. The first-order valence-electron chi connectivity index (χ1n) is 6.26. The summed E-state index contributed by atoms with van der Waals surface area (Å²) in [5.41, 5.74) is 6.32. The molecular weight excluding hydrogens is 228 g/mol. The van der Waals surface area contributed by atoms with Crippen molar-refractivity contribution in [2.24, 2.45) is 5.92 Å². The highest BCUT2D eigenvalue weighted by Gasteiger charge is 2.26. The summed E-state index contributed by atoms with van der Waals surface area (Å²) in [6.07, 6.45) is 2.44. The molecule has 0 saturated carbocycles. The minimum atomic E-state index is 0.273. The molecule has 0 bridgehead atoms. The Morgan fingerprint density at radius 2 is 2.44 bits per heavy atom. The molecule has 1 fully saturated rings. The molecule has 2 atom stereocenters. The van der Waals surface area contributed by atoms with Crippen LogP contribution >= 0.6 is 0 Å². The number of nitrogens with two attached hydrogens (primary N) is 1. The highest BCUT2D eigenvalue weighted by Crippen LogP contribution is 2.23. The van der Waals surface area contributed by atoms with E-state index in [-0.39, 0.29) is 5.69 Å². The minimum absolute atomic E-state index is 0.273. The Bertz CT molecular complexity index is 455. The Labute approximate surface area is 107 Å². The number of rotatable bonds is 4. The number of pyridine rings is 1. The molecule has 5 nitrogen and oxygen atoms in total. The summed E-state index contributed by atoms with van der Waals surface area (Å²) in [6, 6.07) is 5.49. The average Bonchev–Trinajstić information content (AvgIpc) is 2.85. The number of hydrogen-bond donors (Lipinski definition) is 2. The van der Waals surface area contributed by atoms with Gasteiger partial charge >= 0.3 is 0 Å². The van der Waals surface area contributed by atoms with Crippen LogP contribution in [0.25, 0.3) is 0 Å². The standard InChI is InChI=1S/C13H18N4O/c1-2-12-9(5-6-18-12)8-16-13-4-3-10(15)11(7-14)17-13/h3-4,9,12H,2,5-6,8,15H2,1H3,(H,16,17). The second-order valence-electron chi connectivity index (χ2n) is 4.49. The first-order valence-corrected chi connectivity index (χ1v) is 6.26. The van der Waals surface area contributed by atoms with Gasteiger partial charge in [0.1, 0.15) is 11.9 Å². The maximum Gasteiger partial charge on any atom is 0.165 e. The second-order valence-corrected chi connectivity index (χ2v) is 4.49. The van der Waals surface area contributed by atoms with Crippen molar-refractivity contribution in [3.63, 3.8) is 0 Å². The summed E-state index contributed by atoms with van der Waals surface area (Å²) in [7, 11) is 0. The molecule has 1 aliphatic heterocycles. The molecule has 2 heterocycles. The fourth-order valence-electron chi connectivity index (χ4n) is 2.27. The lowest BCUT2D eigenvalue weighted by molar-refractivity contribution is 0.0900. The van der Waals surface area contributed by atoms with Gasteiger partial charge in [-0.05, 0) is 25.0 Å². The molecule has 1 saturated heterocycles. The molecule has 0 aliphatic carbocycles. The number of nitrogen functional groups attached to an aromatic ring is 1. The zero-order chi connectivity index (χ0) is 13.0. The lowest BCUT2D eigenvalue weighted by Crippen LogP contribution is -2.23. The van der Waals surface area contributed by atoms with Crippen molar-refractivity contribution in [3.05, 3.63) is 17.8 Å². The van der Waals surface area contributed by atoms with Crippen LogP contribution in [0.15, 0.2) is 12.1 Å². The van der Waals surface area contributed by atoms with E-state index >= 15 is 0 Å². The molecule has 2 unspecified atom stereocenters. The van der Waals surface area contributed by atoms with E-state index in [4.69, 9.17) is 15.7 Å². The normalized spacial score (nSPS) is 22.7. The van der Waals surface area contributed by atoms with Crippen LogP contribution in [-0.2, 0) is 4.74 Å². The zero-order valence-electron chi connectivity index (χ0n) is 10.5. The molecule has 0 amide bonds. The lowest BCUT2D eigenvalue weighted by Gasteiger charge is -2.17. The Morgan fingerprint density at radius 3 is 3.17 bits per heavy atom. The predicted molar refractivity (Wildman–Crippen MR) is 70.0 cm³/mol. The molecule has 1 aromatic rings. The van der Waals surface area contributed by atoms with Crippen LogP contribution < -0.4 is 11.1 Å². The smallest absolute Gasteiger partial charge is 0.165 e. The van der Waals surface area contributed by atoms with Crippen LogP contribution in [0.4, 0.5) is 11.5 Å². The van der Waals surface area contributed by atoms with Crippen LogP contribution in [0.5, 0.6) is 0 Å². The fraction of sp³-hybridized carbons (Fsp3) is 0.538. The predicted octanol–water partition coefficient (Wildman–Crippen LogP) is 1.76. The maximum atomic E-state index is 8.86. The molecule has 2 rings (SSSR count). The third kappa shape index (κ3) is 2.71. The summed E-state index contributed by atoms with van der Waals surface area (Å²) in [5.74, 6) is 1.21. The van der Waals surface area contributed by atoms with Gasteiger partial charge in [-0.25, -0.2) is 4.98 Å². The Balaban J connectivity index is 1.96. The molecular formula is C13H18N4O. The molecule has 0 radical (unpaired) electrons. The van der Waals surface area contributed by atoms with Crippen molar-refractivity contribution >= 4 is 11.5 Å².